The number of amides is 1. The molecule has 0 radical (unpaired) electrons. The molecule has 1 aromatic heterocycles. The Morgan fingerprint density at radius 3 is 2.44 bits per heavy atom. The third-order valence-electron chi connectivity index (χ3n) is 4.19. The summed E-state index contributed by atoms with van der Waals surface area (Å²) in [7, 11) is 1.64. The van der Waals surface area contributed by atoms with Crippen LogP contribution in [0.2, 0.25) is 0 Å². The van der Waals surface area contributed by atoms with Crippen molar-refractivity contribution in [2.75, 3.05) is 19.0 Å². The number of ether oxygens (including phenoxy) is 1. The minimum absolute atomic E-state index is 0.184. The molecule has 0 aliphatic heterocycles. The van der Waals surface area contributed by atoms with E-state index < -0.39 is 0 Å². The lowest BCUT2D eigenvalue weighted by molar-refractivity contribution is 0.0949. The van der Waals surface area contributed by atoms with Gasteiger partial charge in [-0.25, -0.2) is 0 Å². The van der Waals surface area contributed by atoms with E-state index in [4.69, 9.17) is 4.74 Å². The summed E-state index contributed by atoms with van der Waals surface area (Å²) in [5, 5.41) is 6.20. The van der Waals surface area contributed by atoms with Crippen LogP contribution in [0.25, 0.3) is 0 Å². The first kappa shape index (κ1) is 18.5. The normalized spacial score (nSPS) is 10.3. The highest BCUT2D eigenvalue weighted by atomic mass is 16.5. The lowest BCUT2D eigenvalue weighted by Gasteiger charge is -2.09. The summed E-state index contributed by atoms with van der Waals surface area (Å²) in [6.07, 6.45) is 2.38. The van der Waals surface area contributed by atoms with Gasteiger partial charge in [-0.2, -0.15) is 0 Å². The van der Waals surface area contributed by atoms with Gasteiger partial charge in [-0.15, -0.1) is 0 Å². The Morgan fingerprint density at radius 1 is 1.00 bits per heavy atom. The highest BCUT2D eigenvalue weighted by Gasteiger charge is 2.08. The summed E-state index contributed by atoms with van der Waals surface area (Å²) in [4.78, 5) is 16.5. The molecule has 138 valence electrons. The van der Waals surface area contributed by atoms with E-state index in [1.54, 1.807) is 19.4 Å². The van der Waals surface area contributed by atoms with Crippen LogP contribution < -0.4 is 15.4 Å². The van der Waals surface area contributed by atoms with Gasteiger partial charge in [-0.1, -0.05) is 29.8 Å². The van der Waals surface area contributed by atoms with E-state index in [-0.39, 0.29) is 5.91 Å². The number of aryl methyl sites for hydroxylation is 1. The third-order valence-corrected chi connectivity index (χ3v) is 4.19. The van der Waals surface area contributed by atoms with Crippen molar-refractivity contribution < 1.29 is 9.53 Å². The molecule has 2 N–H and O–H groups in total. The quantitative estimate of drug-likeness (QED) is 0.665. The fraction of sp³-hybridized carbons (Fsp3) is 0.182. The average molecular weight is 361 g/mol. The van der Waals surface area contributed by atoms with E-state index in [0.717, 1.165) is 29.1 Å². The second-order valence-corrected chi connectivity index (χ2v) is 6.27. The van der Waals surface area contributed by atoms with Crippen LogP contribution in [-0.4, -0.2) is 24.5 Å². The molecule has 2 aromatic carbocycles. The van der Waals surface area contributed by atoms with Gasteiger partial charge in [-0.3, -0.25) is 9.78 Å². The molecule has 0 saturated heterocycles. The van der Waals surface area contributed by atoms with Gasteiger partial charge in [0.25, 0.3) is 5.91 Å². The van der Waals surface area contributed by atoms with Crippen LogP contribution in [0.5, 0.6) is 5.75 Å². The molecule has 1 heterocycles. The third kappa shape index (κ3) is 5.31. The first-order chi connectivity index (χ1) is 13.1. The molecule has 3 rings (SSSR count). The van der Waals surface area contributed by atoms with Gasteiger partial charge in [0, 0.05) is 24.1 Å². The summed E-state index contributed by atoms with van der Waals surface area (Å²) in [6, 6.07) is 19.5. The molecule has 5 nitrogen and oxygen atoms in total. The first-order valence-corrected chi connectivity index (χ1v) is 8.85. The summed E-state index contributed by atoms with van der Waals surface area (Å²) in [6.45, 7) is 2.59. The van der Waals surface area contributed by atoms with Crippen molar-refractivity contribution in [3.8, 4) is 5.75 Å². The molecule has 0 fully saturated rings. The number of nitrogens with one attached hydrogen (secondary N) is 2. The second-order valence-electron chi connectivity index (χ2n) is 6.27. The highest BCUT2D eigenvalue weighted by Crippen LogP contribution is 2.17. The second kappa shape index (κ2) is 8.85. The minimum Gasteiger partial charge on any atom is -0.497 e. The molecule has 0 aliphatic rings. The zero-order valence-electron chi connectivity index (χ0n) is 15.5. The van der Waals surface area contributed by atoms with Gasteiger partial charge in [0.2, 0.25) is 0 Å². The lowest BCUT2D eigenvalue weighted by atomic mass is 10.1. The number of nitrogens with zero attached hydrogens (tertiary/aromatic N) is 1. The molecule has 1 amide bonds. The maximum absolute atomic E-state index is 12.4. The number of carbonyl (C=O) groups excluding carboxylic acids is 1. The molecule has 5 heteroatoms. The van der Waals surface area contributed by atoms with Crippen molar-refractivity contribution in [2.45, 2.75) is 13.3 Å². The van der Waals surface area contributed by atoms with Crippen molar-refractivity contribution in [3.05, 3.63) is 83.7 Å². The number of methoxy groups -OCH3 is 1. The topological polar surface area (TPSA) is 63.2 Å². The molecule has 27 heavy (non-hydrogen) atoms. The van der Waals surface area contributed by atoms with Crippen LogP contribution in [0.15, 0.2) is 66.9 Å². The van der Waals surface area contributed by atoms with Crippen LogP contribution in [0.1, 0.15) is 21.6 Å². The summed E-state index contributed by atoms with van der Waals surface area (Å²) >= 11 is 0. The van der Waals surface area contributed by atoms with E-state index in [1.165, 1.54) is 5.56 Å². The Hall–Kier alpha value is -3.34. The number of anilines is 2. The van der Waals surface area contributed by atoms with Crippen molar-refractivity contribution in [1.82, 2.24) is 10.3 Å². The Morgan fingerprint density at radius 2 is 1.74 bits per heavy atom. The van der Waals surface area contributed by atoms with E-state index in [9.17, 15) is 4.79 Å². The standard InChI is InChI=1S/C22H23N3O2/c1-16-3-7-18(8-4-16)25-19-12-14-23-21(15-19)22(26)24-13-11-17-5-9-20(27-2)10-6-17/h3-10,12,14-15H,11,13H2,1-2H3,(H,23,25)(H,24,26). The molecule has 0 spiro atoms. The molecular formula is C22H23N3O2. The number of pyridine rings is 1. The Kier molecular flexibility index (Phi) is 6.05. The van der Waals surface area contributed by atoms with Gasteiger partial charge in [0.05, 0.1) is 7.11 Å². The molecule has 0 aliphatic carbocycles. The van der Waals surface area contributed by atoms with Crippen molar-refractivity contribution in [2.24, 2.45) is 0 Å². The minimum atomic E-state index is -0.184. The van der Waals surface area contributed by atoms with E-state index in [2.05, 4.69) is 15.6 Å². The summed E-state index contributed by atoms with van der Waals surface area (Å²) < 4.78 is 5.15. The Labute approximate surface area is 159 Å². The number of rotatable bonds is 7. The van der Waals surface area contributed by atoms with Crippen LogP contribution in [0.4, 0.5) is 11.4 Å². The number of hydrogen-bond donors (Lipinski definition) is 2. The van der Waals surface area contributed by atoms with Crippen molar-refractivity contribution >= 4 is 17.3 Å². The molecular weight excluding hydrogens is 338 g/mol. The monoisotopic (exact) mass is 361 g/mol. The van der Waals surface area contributed by atoms with Gasteiger partial charge < -0.3 is 15.4 Å². The van der Waals surface area contributed by atoms with E-state index >= 15 is 0 Å². The maximum Gasteiger partial charge on any atom is 0.269 e. The van der Waals surface area contributed by atoms with E-state index in [1.807, 2.05) is 61.5 Å². The van der Waals surface area contributed by atoms with Crippen LogP contribution in [0, 0.1) is 6.92 Å². The average Bonchev–Trinajstić information content (AvgIpc) is 2.70. The Balaban J connectivity index is 1.55. The largest absolute Gasteiger partial charge is 0.497 e. The highest BCUT2D eigenvalue weighted by molar-refractivity contribution is 5.93. The molecule has 3 aromatic rings. The molecule has 0 unspecified atom stereocenters. The van der Waals surface area contributed by atoms with Crippen LogP contribution in [0.3, 0.4) is 0 Å². The van der Waals surface area contributed by atoms with Gasteiger partial charge in [0.15, 0.2) is 0 Å². The molecule has 0 saturated carbocycles. The van der Waals surface area contributed by atoms with Crippen molar-refractivity contribution in [3.63, 3.8) is 0 Å². The van der Waals surface area contributed by atoms with Gasteiger partial charge in [-0.05, 0) is 55.3 Å². The zero-order valence-corrected chi connectivity index (χ0v) is 15.5. The molecule has 0 bridgehead atoms. The van der Waals surface area contributed by atoms with Gasteiger partial charge >= 0.3 is 0 Å². The summed E-state index contributed by atoms with van der Waals surface area (Å²) in [5.74, 6) is 0.640. The van der Waals surface area contributed by atoms with Crippen LogP contribution in [-0.2, 0) is 6.42 Å². The number of aromatic nitrogens is 1. The number of hydrogen-bond acceptors (Lipinski definition) is 4. The van der Waals surface area contributed by atoms with Crippen molar-refractivity contribution in [1.29, 1.82) is 0 Å². The fourth-order valence-electron chi connectivity index (χ4n) is 2.64. The first-order valence-electron chi connectivity index (χ1n) is 8.85. The van der Waals surface area contributed by atoms with Crippen LogP contribution >= 0.6 is 0 Å². The van der Waals surface area contributed by atoms with Gasteiger partial charge in [0.1, 0.15) is 11.4 Å². The maximum atomic E-state index is 12.4. The number of benzene rings is 2. The summed E-state index contributed by atoms with van der Waals surface area (Å²) in [5.41, 5.74) is 4.53. The predicted octanol–water partition coefficient (Wildman–Crippen LogP) is 4.11. The fourth-order valence-corrected chi connectivity index (χ4v) is 2.64. The number of carbonyl (C=O) groups is 1. The smallest absolute Gasteiger partial charge is 0.269 e. The zero-order chi connectivity index (χ0) is 19.1. The SMILES string of the molecule is COc1ccc(CCNC(=O)c2cc(Nc3ccc(C)cc3)ccn2)cc1. The Bertz CT molecular complexity index is 890. The predicted molar refractivity (Wildman–Crippen MR) is 108 cm³/mol. The molecule has 0 atom stereocenters. The van der Waals surface area contributed by atoms with E-state index in [0.29, 0.717) is 12.2 Å². The lowest BCUT2D eigenvalue weighted by Crippen LogP contribution is -2.26.